The second kappa shape index (κ2) is 6.76. The van der Waals surface area contributed by atoms with Crippen molar-refractivity contribution in [2.24, 2.45) is 0 Å². The van der Waals surface area contributed by atoms with Crippen molar-refractivity contribution in [3.05, 3.63) is 52.5 Å². The quantitative estimate of drug-likeness (QED) is 0.774. The molecular weight excluding hydrogens is 289 g/mol. The fourth-order valence-electron chi connectivity index (χ4n) is 2.85. The SMILES string of the molecule is ClPC1=C(N2CCOCC2)/C(=C/c2ccccc2)CC1. The highest BCUT2D eigenvalue weighted by atomic mass is 35.7. The number of allylic oxidation sites excluding steroid dienone is 2. The Morgan fingerprint density at radius 3 is 2.55 bits per heavy atom. The summed E-state index contributed by atoms with van der Waals surface area (Å²) in [6.45, 7) is 3.60. The Hall–Kier alpha value is -0.820. The van der Waals surface area contributed by atoms with Gasteiger partial charge in [0, 0.05) is 26.7 Å². The zero-order valence-corrected chi connectivity index (χ0v) is 13.2. The number of nitrogens with zero attached hydrogens (tertiary/aromatic N) is 1. The lowest BCUT2D eigenvalue weighted by molar-refractivity contribution is 0.0549. The minimum atomic E-state index is 0.391. The number of hydrogen-bond acceptors (Lipinski definition) is 2. The Balaban J connectivity index is 1.90. The highest BCUT2D eigenvalue weighted by Gasteiger charge is 2.25. The first-order valence-corrected chi connectivity index (χ1v) is 9.08. The van der Waals surface area contributed by atoms with Crippen LogP contribution in [0.1, 0.15) is 18.4 Å². The molecule has 4 heteroatoms. The maximum Gasteiger partial charge on any atom is 0.0642 e. The Labute approximate surface area is 127 Å². The van der Waals surface area contributed by atoms with E-state index in [0.29, 0.717) is 7.93 Å². The van der Waals surface area contributed by atoms with E-state index in [1.807, 2.05) is 0 Å². The number of hydrogen-bond donors (Lipinski definition) is 0. The summed E-state index contributed by atoms with van der Waals surface area (Å²) < 4.78 is 5.47. The third kappa shape index (κ3) is 3.09. The summed E-state index contributed by atoms with van der Waals surface area (Å²) in [6, 6.07) is 10.5. The second-order valence-electron chi connectivity index (χ2n) is 5.10. The van der Waals surface area contributed by atoms with E-state index in [9.17, 15) is 0 Å². The summed E-state index contributed by atoms with van der Waals surface area (Å²) >= 11 is 6.17. The van der Waals surface area contributed by atoms with Gasteiger partial charge in [0.15, 0.2) is 0 Å². The van der Waals surface area contributed by atoms with Gasteiger partial charge < -0.3 is 9.64 Å². The van der Waals surface area contributed by atoms with Crippen molar-refractivity contribution in [2.75, 3.05) is 26.3 Å². The van der Waals surface area contributed by atoms with Gasteiger partial charge in [-0.15, -0.1) is 0 Å². The topological polar surface area (TPSA) is 12.5 Å². The molecule has 2 aliphatic rings. The number of halogens is 1. The normalized spacial score (nSPS) is 22.4. The van der Waals surface area contributed by atoms with Crippen LogP contribution in [0.4, 0.5) is 0 Å². The molecule has 1 atom stereocenters. The van der Waals surface area contributed by atoms with E-state index < -0.39 is 0 Å². The highest BCUT2D eigenvalue weighted by molar-refractivity contribution is 7.72. The van der Waals surface area contributed by atoms with Crippen LogP contribution in [0.25, 0.3) is 6.08 Å². The van der Waals surface area contributed by atoms with Gasteiger partial charge in [-0.05, 0) is 35.4 Å². The number of benzene rings is 1. The molecule has 0 spiro atoms. The Morgan fingerprint density at radius 1 is 1.10 bits per heavy atom. The fraction of sp³-hybridized carbons (Fsp3) is 0.375. The Morgan fingerprint density at radius 2 is 1.85 bits per heavy atom. The van der Waals surface area contributed by atoms with Crippen LogP contribution in [0.2, 0.25) is 0 Å². The molecule has 0 N–H and O–H groups in total. The van der Waals surface area contributed by atoms with Crippen molar-refractivity contribution in [3.63, 3.8) is 0 Å². The van der Waals surface area contributed by atoms with E-state index in [4.69, 9.17) is 16.0 Å². The Kier molecular flexibility index (Phi) is 4.77. The lowest BCUT2D eigenvalue weighted by Crippen LogP contribution is -2.35. The zero-order valence-electron chi connectivity index (χ0n) is 11.4. The van der Waals surface area contributed by atoms with Gasteiger partial charge in [-0.3, -0.25) is 0 Å². The third-order valence-corrected chi connectivity index (χ3v) is 5.22. The molecule has 0 saturated carbocycles. The molecule has 1 heterocycles. The molecule has 2 nitrogen and oxygen atoms in total. The lowest BCUT2D eigenvalue weighted by atomic mass is 10.1. The fourth-order valence-corrected chi connectivity index (χ4v) is 4.03. The van der Waals surface area contributed by atoms with Gasteiger partial charge in [0.2, 0.25) is 0 Å². The van der Waals surface area contributed by atoms with Crippen LogP contribution in [-0.2, 0) is 4.74 Å². The molecule has 1 aromatic rings. The monoisotopic (exact) mass is 307 g/mol. The van der Waals surface area contributed by atoms with E-state index in [1.54, 1.807) is 0 Å². The van der Waals surface area contributed by atoms with Crippen molar-refractivity contribution >= 4 is 25.3 Å². The van der Waals surface area contributed by atoms with Gasteiger partial charge in [-0.1, -0.05) is 41.6 Å². The van der Waals surface area contributed by atoms with Crippen molar-refractivity contribution in [3.8, 4) is 0 Å². The second-order valence-corrected chi connectivity index (χ2v) is 6.46. The lowest BCUT2D eigenvalue weighted by Gasteiger charge is -2.31. The van der Waals surface area contributed by atoms with Gasteiger partial charge in [0.1, 0.15) is 0 Å². The van der Waals surface area contributed by atoms with Crippen LogP contribution in [0.3, 0.4) is 0 Å². The van der Waals surface area contributed by atoms with Crippen LogP contribution in [0, 0.1) is 0 Å². The van der Waals surface area contributed by atoms with Crippen LogP contribution >= 0.6 is 19.2 Å². The summed E-state index contributed by atoms with van der Waals surface area (Å²) in [4.78, 5) is 2.45. The molecule has 0 amide bonds. The van der Waals surface area contributed by atoms with Gasteiger partial charge in [0.05, 0.1) is 13.2 Å². The first kappa shape index (κ1) is 14.1. The van der Waals surface area contributed by atoms with E-state index >= 15 is 0 Å². The van der Waals surface area contributed by atoms with Gasteiger partial charge in [0.25, 0.3) is 0 Å². The minimum absolute atomic E-state index is 0.391. The molecule has 1 saturated heterocycles. The van der Waals surface area contributed by atoms with Crippen LogP contribution in [0.15, 0.2) is 46.9 Å². The molecule has 106 valence electrons. The maximum atomic E-state index is 6.17. The van der Waals surface area contributed by atoms with Gasteiger partial charge in [-0.2, -0.15) is 0 Å². The average molecular weight is 308 g/mol. The summed E-state index contributed by atoms with van der Waals surface area (Å²) in [7, 11) is 0.391. The van der Waals surface area contributed by atoms with Crippen LogP contribution in [0.5, 0.6) is 0 Å². The summed E-state index contributed by atoms with van der Waals surface area (Å²) in [5, 5.41) is 1.41. The van der Waals surface area contributed by atoms with Crippen molar-refractivity contribution in [2.45, 2.75) is 12.8 Å². The summed E-state index contributed by atoms with van der Waals surface area (Å²) in [6.07, 6.45) is 4.53. The zero-order chi connectivity index (χ0) is 13.8. The van der Waals surface area contributed by atoms with Gasteiger partial charge >= 0.3 is 0 Å². The van der Waals surface area contributed by atoms with Crippen molar-refractivity contribution in [1.29, 1.82) is 0 Å². The maximum absolute atomic E-state index is 6.17. The predicted octanol–water partition coefficient (Wildman–Crippen LogP) is 4.24. The summed E-state index contributed by atoms with van der Waals surface area (Å²) in [5.41, 5.74) is 4.10. The van der Waals surface area contributed by atoms with Crippen LogP contribution in [-0.4, -0.2) is 31.2 Å². The standard InChI is InChI=1S/C16H19ClNOP/c17-20-15-7-6-14(12-13-4-2-1-3-5-13)16(15)18-8-10-19-11-9-18/h1-5,12,20H,6-11H2/b14-12+. The molecule has 1 aliphatic carbocycles. The van der Waals surface area contributed by atoms with E-state index in [0.717, 1.165) is 39.1 Å². The molecule has 3 rings (SSSR count). The van der Waals surface area contributed by atoms with E-state index in [-0.39, 0.29) is 0 Å². The highest BCUT2D eigenvalue weighted by Crippen LogP contribution is 2.45. The first-order chi connectivity index (χ1) is 9.88. The molecule has 1 fully saturated rings. The van der Waals surface area contributed by atoms with Gasteiger partial charge in [-0.25, -0.2) is 0 Å². The average Bonchev–Trinajstić information content (AvgIpc) is 2.92. The third-order valence-electron chi connectivity index (χ3n) is 3.82. The smallest absolute Gasteiger partial charge is 0.0642 e. The predicted molar refractivity (Wildman–Crippen MR) is 87.2 cm³/mol. The Bertz CT molecular complexity index is 521. The molecule has 0 aromatic heterocycles. The molecule has 1 unspecified atom stereocenters. The van der Waals surface area contributed by atoms with Crippen molar-refractivity contribution < 1.29 is 4.74 Å². The molecule has 0 radical (unpaired) electrons. The first-order valence-electron chi connectivity index (χ1n) is 7.07. The minimum Gasteiger partial charge on any atom is -0.378 e. The summed E-state index contributed by atoms with van der Waals surface area (Å²) in [5.74, 6) is 0. The number of rotatable bonds is 3. The van der Waals surface area contributed by atoms with E-state index in [2.05, 4.69) is 41.3 Å². The number of ether oxygens (including phenoxy) is 1. The van der Waals surface area contributed by atoms with Crippen molar-refractivity contribution in [1.82, 2.24) is 4.90 Å². The molecule has 1 aromatic carbocycles. The number of morpholine rings is 1. The van der Waals surface area contributed by atoms with E-state index in [1.165, 1.54) is 22.1 Å². The molecule has 0 bridgehead atoms. The molecular formula is C16H19ClNOP. The largest absolute Gasteiger partial charge is 0.378 e. The molecule has 20 heavy (non-hydrogen) atoms. The van der Waals surface area contributed by atoms with Crippen LogP contribution < -0.4 is 0 Å². The molecule has 1 aliphatic heterocycles.